The lowest BCUT2D eigenvalue weighted by Crippen LogP contribution is -2.36. The van der Waals surface area contributed by atoms with Crippen molar-refractivity contribution in [1.29, 1.82) is 0 Å². The van der Waals surface area contributed by atoms with Crippen molar-refractivity contribution < 1.29 is 9.90 Å². The molecule has 0 radical (unpaired) electrons. The number of carboxylic acids is 1. The van der Waals surface area contributed by atoms with Gasteiger partial charge in [-0.1, -0.05) is 26.7 Å². The second-order valence-corrected chi connectivity index (χ2v) is 4.40. The lowest BCUT2D eigenvalue weighted by Gasteiger charge is -2.20. The molecule has 3 unspecified atom stereocenters. The molecule has 0 aromatic carbocycles. The Labute approximate surface area is 85.9 Å². The largest absolute Gasteiger partial charge is 0.480 e. The van der Waals surface area contributed by atoms with Crippen LogP contribution in [0.15, 0.2) is 0 Å². The van der Waals surface area contributed by atoms with E-state index in [4.69, 9.17) is 5.11 Å². The summed E-state index contributed by atoms with van der Waals surface area (Å²) in [6.07, 6.45) is 4.33. The first kappa shape index (κ1) is 11.5. The van der Waals surface area contributed by atoms with Gasteiger partial charge >= 0.3 is 5.97 Å². The third-order valence-corrected chi connectivity index (χ3v) is 3.28. The maximum Gasteiger partial charge on any atom is 0.320 e. The number of carboxylic acid groups (broad SMARTS) is 1. The molecule has 1 aliphatic rings. The molecule has 0 aromatic rings. The van der Waals surface area contributed by atoms with Gasteiger partial charge in [-0.25, -0.2) is 0 Å². The van der Waals surface area contributed by atoms with Crippen molar-refractivity contribution in [1.82, 2.24) is 5.32 Å². The number of aliphatic carboxylic acids is 1. The van der Waals surface area contributed by atoms with Crippen molar-refractivity contribution in [3.05, 3.63) is 0 Å². The van der Waals surface area contributed by atoms with Gasteiger partial charge < -0.3 is 10.4 Å². The Balaban J connectivity index is 2.51. The summed E-state index contributed by atoms with van der Waals surface area (Å²) in [5, 5.41) is 12.0. The summed E-state index contributed by atoms with van der Waals surface area (Å²) in [6, 6.07) is -0.327. The highest BCUT2D eigenvalue weighted by Gasteiger charge is 2.27. The molecule has 0 spiro atoms. The number of rotatable bonds is 3. The van der Waals surface area contributed by atoms with E-state index in [1.165, 1.54) is 12.8 Å². The zero-order valence-corrected chi connectivity index (χ0v) is 9.12. The van der Waals surface area contributed by atoms with Crippen LogP contribution in [0, 0.1) is 11.8 Å². The highest BCUT2D eigenvalue weighted by Crippen LogP contribution is 2.27. The molecule has 0 aliphatic carbocycles. The Morgan fingerprint density at radius 1 is 1.57 bits per heavy atom. The predicted octanol–water partition coefficient (Wildman–Crippen LogP) is 1.88. The Morgan fingerprint density at radius 2 is 2.29 bits per heavy atom. The van der Waals surface area contributed by atoms with E-state index in [2.05, 4.69) is 19.2 Å². The topological polar surface area (TPSA) is 49.3 Å². The minimum absolute atomic E-state index is 0.327. The van der Waals surface area contributed by atoms with Crippen molar-refractivity contribution in [3.8, 4) is 0 Å². The van der Waals surface area contributed by atoms with Crippen LogP contribution in [-0.4, -0.2) is 23.7 Å². The molecule has 14 heavy (non-hydrogen) atoms. The van der Waals surface area contributed by atoms with Gasteiger partial charge in [0.15, 0.2) is 0 Å². The Kier molecular flexibility index (Phi) is 4.39. The predicted molar refractivity (Wildman–Crippen MR) is 56.2 cm³/mol. The minimum atomic E-state index is -0.700. The molecule has 1 fully saturated rings. The van der Waals surface area contributed by atoms with Gasteiger partial charge in [0.2, 0.25) is 0 Å². The number of hydrogen-bond donors (Lipinski definition) is 2. The van der Waals surface area contributed by atoms with Crippen molar-refractivity contribution in [2.45, 2.75) is 45.6 Å². The lowest BCUT2D eigenvalue weighted by atomic mass is 9.85. The minimum Gasteiger partial charge on any atom is -0.480 e. The van der Waals surface area contributed by atoms with Crippen LogP contribution >= 0.6 is 0 Å². The number of carbonyl (C=O) groups is 1. The smallest absolute Gasteiger partial charge is 0.320 e. The van der Waals surface area contributed by atoms with Crippen molar-refractivity contribution in [2.24, 2.45) is 11.8 Å². The highest BCUT2D eigenvalue weighted by atomic mass is 16.4. The van der Waals surface area contributed by atoms with Crippen LogP contribution in [0.3, 0.4) is 0 Å². The van der Waals surface area contributed by atoms with Crippen LogP contribution in [-0.2, 0) is 4.79 Å². The van der Waals surface area contributed by atoms with Gasteiger partial charge in [0.05, 0.1) is 0 Å². The van der Waals surface area contributed by atoms with Crippen LogP contribution in [0.4, 0.5) is 0 Å². The normalized spacial score (nSPS) is 33.7. The van der Waals surface area contributed by atoms with Crippen LogP contribution in [0.2, 0.25) is 0 Å². The standard InChI is InChI=1S/C11H21NO2/c1-3-4-9-5-6-12-10(11(13)14)7-8(9)2/h8-10,12H,3-7H2,1-2H3,(H,13,14). The fourth-order valence-corrected chi connectivity index (χ4v) is 2.36. The fraction of sp³-hybridized carbons (Fsp3) is 0.909. The van der Waals surface area contributed by atoms with E-state index in [0.717, 1.165) is 19.4 Å². The molecule has 82 valence electrons. The quantitative estimate of drug-likeness (QED) is 0.729. The summed E-state index contributed by atoms with van der Waals surface area (Å²) in [6.45, 7) is 5.23. The molecule has 0 bridgehead atoms. The average molecular weight is 199 g/mol. The average Bonchev–Trinajstić information content (AvgIpc) is 2.30. The van der Waals surface area contributed by atoms with Gasteiger partial charge in [0, 0.05) is 0 Å². The molecule has 1 rings (SSSR count). The van der Waals surface area contributed by atoms with Gasteiger partial charge in [-0.3, -0.25) is 4.79 Å². The molecule has 0 saturated carbocycles. The SMILES string of the molecule is CCCC1CCNC(C(=O)O)CC1C. The first-order valence-corrected chi connectivity index (χ1v) is 5.61. The van der Waals surface area contributed by atoms with Crippen LogP contribution in [0.5, 0.6) is 0 Å². The second-order valence-electron chi connectivity index (χ2n) is 4.40. The Morgan fingerprint density at radius 3 is 2.86 bits per heavy atom. The van der Waals surface area contributed by atoms with E-state index in [0.29, 0.717) is 11.8 Å². The zero-order chi connectivity index (χ0) is 10.6. The first-order valence-electron chi connectivity index (χ1n) is 5.61. The first-order chi connectivity index (χ1) is 6.65. The van der Waals surface area contributed by atoms with E-state index >= 15 is 0 Å². The molecule has 1 heterocycles. The molecule has 3 heteroatoms. The second kappa shape index (κ2) is 5.35. The van der Waals surface area contributed by atoms with Gasteiger partial charge in [-0.05, 0) is 31.2 Å². The lowest BCUT2D eigenvalue weighted by molar-refractivity contribution is -0.139. The number of hydrogen-bond acceptors (Lipinski definition) is 2. The van der Waals surface area contributed by atoms with E-state index < -0.39 is 5.97 Å². The maximum absolute atomic E-state index is 10.9. The monoisotopic (exact) mass is 199 g/mol. The van der Waals surface area contributed by atoms with Crippen LogP contribution in [0.1, 0.15) is 39.5 Å². The maximum atomic E-state index is 10.9. The third kappa shape index (κ3) is 2.98. The van der Waals surface area contributed by atoms with Crippen LogP contribution in [0.25, 0.3) is 0 Å². The summed E-state index contributed by atoms with van der Waals surface area (Å²) in [5.41, 5.74) is 0. The zero-order valence-electron chi connectivity index (χ0n) is 9.12. The van der Waals surface area contributed by atoms with E-state index in [1.54, 1.807) is 0 Å². The molecular weight excluding hydrogens is 178 g/mol. The summed E-state index contributed by atoms with van der Waals surface area (Å²) in [5.74, 6) is 0.539. The van der Waals surface area contributed by atoms with Crippen molar-refractivity contribution in [3.63, 3.8) is 0 Å². The molecule has 1 aliphatic heterocycles. The van der Waals surface area contributed by atoms with E-state index in [-0.39, 0.29) is 6.04 Å². The molecular formula is C11H21NO2. The fourth-order valence-electron chi connectivity index (χ4n) is 2.36. The Bertz CT molecular complexity index is 194. The summed E-state index contributed by atoms with van der Waals surface area (Å²) >= 11 is 0. The van der Waals surface area contributed by atoms with Crippen LogP contribution < -0.4 is 5.32 Å². The number of nitrogens with one attached hydrogen (secondary N) is 1. The highest BCUT2D eigenvalue weighted by molar-refractivity contribution is 5.73. The van der Waals surface area contributed by atoms with Crippen molar-refractivity contribution in [2.75, 3.05) is 6.54 Å². The third-order valence-electron chi connectivity index (χ3n) is 3.28. The van der Waals surface area contributed by atoms with Gasteiger partial charge in [0.1, 0.15) is 6.04 Å². The molecule has 0 amide bonds. The van der Waals surface area contributed by atoms with Crippen molar-refractivity contribution >= 4 is 5.97 Å². The summed E-state index contributed by atoms with van der Waals surface area (Å²) in [4.78, 5) is 10.9. The molecule has 3 atom stereocenters. The van der Waals surface area contributed by atoms with E-state index in [1.807, 2.05) is 0 Å². The van der Waals surface area contributed by atoms with Gasteiger partial charge in [-0.15, -0.1) is 0 Å². The van der Waals surface area contributed by atoms with E-state index in [9.17, 15) is 4.79 Å². The summed E-state index contributed by atoms with van der Waals surface area (Å²) < 4.78 is 0. The molecule has 1 saturated heterocycles. The van der Waals surface area contributed by atoms with Gasteiger partial charge in [-0.2, -0.15) is 0 Å². The Hall–Kier alpha value is -0.570. The molecule has 2 N–H and O–H groups in total. The molecule has 3 nitrogen and oxygen atoms in total. The summed E-state index contributed by atoms with van der Waals surface area (Å²) in [7, 11) is 0. The van der Waals surface area contributed by atoms with Gasteiger partial charge in [0.25, 0.3) is 0 Å². The molecule has 0 aromatic heterocycles.